The predicted octanol–water partition coefficient (Wildman–Crippen LogP) is 5.78. The van der Waals surface area contributed by atoms with Gasteiger partial charge in [-0.25, -0.2) is 9.18 Å². The molecule has 0 unspecified atom stereocenters. The first-order chi connectivity index (χ1) is 17.9. The Morgan fingerprint density at radius 2 is 1.70 bits per heavy atom. The van der Waals surface area contributed by atoms with Crippen LogP contribution in [-0.2, 0) is 13.1 Å². The summed E-state index contributed by atoms with van der Waals surface area (Å²) >= 11 is 0. The minimum atomic E-state index is -0.640. The third-order valence-electron chi connectivity index (χ3n) is 6.99. The van der Waals surface area contributed by atoms with Crippen LogP contribution in [0, 0.1) is 5.82 Å². The molecule has 37 heavy (non-hydrogen) atoms. The number of urea groups is 1. The van der Waals surface area contributed by atoms with Gasteiger partial charge in [0.25, 0.3) is 0 Å². The molecular formula is C30H33FN4O2. The Balaban J connectivity index is 1.39. The van der Waals surface area contributed by atoms with E-state index in [4.69, 9.17) is 9.73 Å². The summed E-state index contributed by atoms with van der Waals surface area (Å²) in [7, 11) is 0. The molecule has 1 spiro atoms. The second kappa shape index (κ2) is 10.7. The van der Waals surface area contributed by atoms with E-state index >= 15 is 0 Å². The summed E-state index contributed by atoms with van der Waals surface area (Å²) in [6.45, 7) is 6.87. The van der Waals surface area contributed by atoms with Crippen molar-refractivity contribution in [3.63, 3.8) is 0 Å². The average molecular weight is 501 g/mol. The summed E-state index contributed by atoms with van der Waals surface area (Å²) in [4.78, 5) is 22.3. The summed E-state index contributed by atoms with van der Waals surface area (Å²) in [5.41, 5.74) is 2.17. The molecule has 2 amide bonds. The molecule has 5 rings (SSSR count). The number of anilines is 1. The number of nitrogens with zero attached hydrogens (tertiary/aromatic N) is 3. The number of rotatable bonds is 7. The van der Waals surface area contributed by atoms with Crippen LogP contribution in [-0.4, -0.2) is 41.5 Å². The van der Waals surface area contributed by atoms with Gasteiger partial charge in [0.05, 0.1) is 12.6 Å². The van der Waals surface area contributed by atoms with Crippen LogP contribution >= 0.6 is 0 Å². The molecule has 0 aromatic heterocycles. The van der Waals surface area contributed by atoms with E-state index in [9.17, 15) is 9.18 Å². The van der Waals surface area contributed by atoms with E-state index in [2.05, 4.69) is 22.3 Å². The number of aliphatic imine (C=N–C) groups is 1. The summed E-state index contributed by atoms with van der Waals surface area (Å²) in [5, 5.41) is 3.02. The maximum absolute atomic E-state index is 14.2. The number of halogens is 1. The van der Waals surface area contributed by atoms with Crippen LogP contribution in [0.4, 0.5) is 14.9 Å². The van der Waals surface area contributed by atoms with Crippen molar-refractivity contribution < 1.29 is 13.9 Å². The number of nitrogens with one attached hydrogen (secondary N) is 1. The molecule has 6 nitrogen and oxygen atoms in total. The summed E-state index contributed by atoms with van der Waals surface area (Å²) < 4.78 is 20.0. The van der Waals surface area contributed by atoms with E-state index in [0.29, 0.717) is 30.9 Å². The molecule has 2 heterocycles. The van der Waals surface area contributed by atoms with Crippen molar-refractivity contribution in [2.24, 2.45) is 4.99 Å². The van der Waals surface area contributed by atoms with Gasteiger partial charge in [0.15, 0.2) is 0 Å². The molecule has 1 N–H and O–H groups in total. The second-order valence-electron chi connectivity index (χ2n) is 10.0. The topological polar surface area (TPSA) is 57.2 Å². The summed E-state index contributed by atoms with van der Waals surface area (Å²) in [6.07, 6.45) is 1.51. The number of amidine groups is 1. The predicted molar refractivity (Wildman–Crippen MR) is 144 cm³/mol. The van der Waals surface area contributed by atoms with Gasteiger partial charge in [0.2, 0.25) is 0 Å². The number of amides is 2. The van der Waals surface area contributed by atoms with Crippen LogP contribution in [0.2, 0.25) is 0 Å². The van der Waals surface area contributed by atoms with E-state index in [1.54, 1.807) is 17.0 Å². The minimum Gasteiger partial charge on any atom is -0.491 e. The zero-order chi connectivity index (χ0) is 25.8. The fraction of sp³-hybridized carbons (Fsp3) is 0.333. The Labute approximate surface area is 217 Å². The SMILES string of the molecule is CC(C)Oc1cccc(CN2CCC3(CC2)C(=NCc2ccccc2)NC(=O)N3c2cccc(F)c2)c1. The Kier molecular flexibility index (Phi) is 7.24. The lowest BCUT2D eigenvalue weighted by atomic mass is 9.85. The lowest BCUT2D eigenvalue weighted by molar-refractivity contribution is 0.183. The van der Waals surface area contributed by atoms with Gasteiger partial charge < -0.3 is 4.74 Å². The first-order valence-electron chi connectivity index (χ1n) is 12.9. The smallest absolute Gasteiger partial charge is 0.328 e. The lowest BCUT2D eigenvalue weighted by Gasteiger charge is -2.43. The van der Waals surface area contributed by atoms with Gasteiger partial charge in [0, 0.05) is 25.3 Å². The Morgan fingerprint density at radius 1 is 0.973 bits per heavy atom. The van der Waals surface area contributed by atoms with Gasteiger partial charge in [-0.05, 0) is 68.1 Å². The molecule has 2 saturated heterocycles. The quantitative estimate of drug-likeness (QED) is 0.448. The van der Waals surface area contributed by atoms with Crippen molar-refractivity contribution in [1.29, 1.82) is 0 Å². The molecule has 2 aliphatic heterocycles. The van der Waals surface area contributed by atoms with E-state index in [1.165, 1.54) is 17.7 Å². The van der Waals surface area contributed by atoms with Gasteiger partial charge in [0.1, 0.15) is 22.9 Å². The molecule has 0 bridgehead atoms. The highest BCUT2D eigenvalue weighted by atomic mass is 19.1. The highest BCUT2D eigenvalue weighted by Crippen LogP contribution is 2.38. The number of benzene rings is 3. The number of ether oxygens (including phenoxy) is 1. The fourth-order valence-electron chi connectivity index (χ4n) is 5.28. The Hall–Kier alpha value is -3.71. The molecule has 2 aliphatic rings. The van der Waals surface area contributed by atoms with Gasteiger partial charge >= 0.3 is 6.03 Å². The Morgan fingerprint density at radius 3 is 2.43 bits per heavy atom. The summed E-state index contributed by atoms with van der Waals surface area (Å²) in [5.74, 6) is 1.17. The van der Waals surface area contributed by atoms with Crippen LogP contribution in [0.25, 0.3) is 0 Å². The highest BCUT2D eigenvalue weighted by molar-refractivity contribution is 6.19. The van der Waals surface area contributed by atoms with Crippen LogP contribution in [0.5, 0.6) is 5.75 Å². The van der Waals surface area contributed by atoms with Gasteiger partial charge in [-0.2, -0.15) is 0 Å². The Bertz CT molecular complexity index is 1270. The highest BCUT2D eigenvalue weighted by Gasteiger charge is 2.53. The molecule has 0 atom stereocenters. The zero-order valence-electron chi connectivity index (χ0n) is 21.4. The van der Waals surface area contributed by atoms with Crippen LogP contribution < -0.4 is 15.0 Å². The fourth-order valence-corrected chi connectivity index (χ4v) is 5.28. The van der Waals surface area contributed by atoms with Gasteiger partial charge in [-0.3, -0.25) is 20.1 Å². The molecule has 3 aromatic carbocycles. The van der Waals surface area contributed by atoms with Crippen LogP contribution in [0.15, 0.2) is 83.9 Å². The minimum absolute atomic E-state index is 0.125. The normalized spacial score (nSPS) is 18.5. The van der Waals surface area contributed by atoms with Gasteiger partial charge in [-0.15, -0.1) is 0 Å². The van der Waals surface area contributed by atoms with E-state index in [0.717, 1.165) is 30.9 Å². The van der Waals surface area contributed by atoms with Crippen molar-refractivity contribution >= 4 is 17.6 Å². The zero-order valence-corrected chi connectivity index (χ0v) is 21.4. The van der Waals surface area contributed by atoms with E-state index < -0.39 is 5.54 Å². The second-order valence-corrected chi connectivity index (χ2v) is 10.0. The molecule has 2 fully saturated rings. The van der Waals surface area contributed by atoms with E-state index in [-0.39, 0.29) is 18.0 Å². The number of carbonyl (C=O) groups is 1. The number of piperidine rings is 1. The number of carbonyl (C=O) groups excluding carboxylic acids is 1. The van der Waals surface area contributed by atoms with Crippen LogP contribution in [0.1, 0.15) is 37.8 Å². The van der Waals surface area contributed by atoms with Gasteiger partial charge in [-0.1, -0.05) is 48.5 Å². The number of hydrogen-bond donors (Lipinski definition) is 1. The lowest BCUT2D eigenvalue weighted by Crippen LogP contribution is -2.56. The molecule has 7 heteroatoms. The van der Waals surface area contributed by atoms with Crippen molar-refractivity contribution in [1.82, 2.24) is 10.2 Å². The maximum atomic E-state index is 14.2. The molecular weight excluding hydrogens is 467 g/mol. The molecule has 0 saturated carbocycles. The average Bonchev–Trinajstić information content (AvgIpc) is 3.15. The van der Waals surface area contributed by atoms with Crippen molar-refractivity contribution in [3.8, 4) is 5.75 Å². The number of hydrogen-bond acceptors (Lipinski definition) is 4. The number of likely N-dealkylation sites (tertiary alicyclic amines) is 1. The van der Waals surface area contributed by atoms with Crippen molar-refractivity contribution in [3.05, 3.63) is 95.8 Å². The third-order valence-corrected chi connectivity index (χ3v) is 6.99. The first kappa shape index (κ1) is 25.0. The monoisotopic (exact) mass is 500 g/mol. The van der Waals surface area contributed by atoms with Crippen LogP contribution in [0.3, 0.4) is 0 Å². The standard InChI is InChI=1S/C30H33FN4O2/c1-22(2)37-27-13-6-10-24(18-27)21-34-16-14-30(15-17-34)28(32-20-23-8-4-3-5-9-23)33-29(36)35(30)26-12-7-11-25(31)19-26/h3-13,18-19,22H,14-17,20-21H2,1-2H3,(H,32,33,36). The molecule has 0 aliphatic carbocycles. The molecule has 3 aromatic rings. The van der Waals surface area contributed by atoms with Crippen molar-refractivity contribution in [2.45, 2.75) is 51.4 Å². The van der Waals surface area contributed by atoms with Crippen molar-refractivity contribution in [2.75, 3.05) is 18.0 Å². The maximum Gasteiger partial charge on any atom is 0.328 e. The molecule has 192 valence electrons. The third kappa shape index (κ3) is 5.52. The first-order valence-corrected chi connectivity index (χ1v) is 12.9. The summed E-state index contributed by atoms with van der Waals surface area (Å²) in [6, 6.07) is 24.2. The largest absolute Gasteiger partial charge is 0.491 e. The molecule has 0 radical (unpaired) electrons. The van der Waals surface area contributed by atoms with E-state index in [1.807, 2.05) is 56.3 Å².